The van der Waals surface area contributed by atoms with E-state index in [1.54, 1.807) is 18.2 Å². The topological polar surface area (TPSA) is 119 Å². The average Bonchev–Trinajstić information content (AvgIpc) is 2.79. The number of carbonyl (C=O) groups excluding carboxylic acids is 1. The van der Waals surface area contributed by atoms with Crippen molar-refractivity contribution in [3.63, 3.8) is 0 Å². The van der Waals surface area contributed by atoms with Crippen LogP contribution in [0.25, 0.3) is 11.3 Å². The summed E-state index contributed by atoms with van der Waals surface area (Å²) in [5.74, 6) is -0.0609. The first-order valence-corrected chi connectivity index (χ1v) is 10.8. The van der Waals surface area contributed by atoms with Gasteiger partial charge in [0.1, 0.15) is 0 Å². The maximum Gasteiger partial charge on any atom is 0.279 e. The van der Waals surface area contributed by atoms with Crippen LogP contribution in [0.5, 0.6) is 0 Å². The van der Waals surface area contributed by atoms with E-state index in [-0.39, 0.29) is 17.2 Å². The van der Waals surface area contributed by atoms with Crippen molar-refractivity contribution >= 4 is 39.2 Å². The van der Waals surface area contributed by atoms with E-state index in [1.807, 2.05) is 18.2 Å². The third kappa shape index (κ3) is 5.09. The molecule has 3 aromatic rings. The smallest absolute Gasteiger partial charge is 0.279 e. The van der Waals surface area contributed by atoms with E-state index in [0.29, 0.717) is 37.0 Å². The first kappa shape index (κ1) is 21.8. The van der Waals surface area contributed by atoms with Crippen LogP contribution in [-0.4, -0.2) is 34.0 Å². The number of ether oxygens (including phenoxy) is 1. The summed E-state index contributed by atoms with van der Waals surface area (Å²) in [6.07, 6.45) is 3.03. The van der Waals surface area contributed by atoms with Crippen LogP contribution in [0, 0.1) is 10.1 Å². The lowest BCUT2D eigenvalue weighted by Gasteiger charge is -2.11. The van der Waals surface area contributed by atoms with Crippen LogP contribution in [0.15, 0.2) is 53.1 Å². The Balaban J connectivity index is 1.74. The number of anilines is 2. The number of nitro groups is 1. The number of amides is 1. The highest BCUT2D eigenvalue weighted by molar-refractivity contribution is 9.10. The number of aromatic nitrogens is 2. The van der Waals surface area contributed by atoms with Gasteiger partial charge in [-0.2, -0.15) is 0 Å². The molecule has 6 bridgehead atoms. The van der Waals surface area contributed by atoms with Gasteiger partial charge in [-0.1, -0.05) is 15.9 Å². The molecule has 3 heterocycles. The summed E-state index contributed by atoms with van der Waals surface area (Å²) in [6.45, 7) is 1.43. The molecular formula is C22H20BrN5O4. The average molecular weight is 498 g/mol. The molecule has 0 saturated carbocycles. The van der Waals surface area contributed by atoms with E-state index >= 15 is 0 Å². The second-order valence-corrected chi connectivity index (χ2v) is 8.06. The summed E-state index contributed by atoms with van der Waals surface area (Å²) in [5.41, 5.74) is 2.44. The zero-order valence-electron chi connectivity index (χ0n) is 17.0. The Kier molecular flexibility index (Phi) is 6.72. The van der Waals surface area contributed by atoms with E-state index in [1.165, 1.54) is 12.3 Å². The van der Waals surface area contributed by atoms with Gasteiger partial charge < -0.3 is 15.4 Å². The van der Waals surface area contributed by atoms with Gasteiger partial charge in [0.05, 0.1) is 22.8 Å². The summed E-state index contributed by atoms with van der Waals surface area (Å²) >= 11 is 3.54. The van der Waals surface area contributed by atoms with Crippen LogP contribution < -0.4 is 10.6 Å². The molecule has 10 heteroatoms. The molecule has 0 atom stereocenters. The molecule has 0 radical (unpaired) electrons. The van der Waals surface area contributed by atoms with Crippen molar-refractivity contribution in [1.82, 2.24) is 15.3 Å². The van der Waals surface area contributed by atoms with Crippen molar-refractivity contribution in [2.24, 2.45) is 0 Å². The molecular weight excluding hydrogens is 478 g/mol. The molecule has 5 rings (SSSR count). The van der Waals surface area contributed by atoms with Gasteiger partial charge in [0.2, 0.25) is 5.95 Å². The number of benzene rings is 2. The summed E-state index contributed by atoms with van der Waals surface area (Å²) in [4.78, 5) is 32.3. The summed E-state index contributed by atoms with van der Waals surface area (Å²) in [6, 6.07) is 11.7. The zero-order valence-corrected chi connectivity index (χ0v) is 18.6. The molecule has 1 amide bonds. The van der Waals surface area contributed by atoms with Gasteiger partial charge in [0.25, 0.3) is 11.6 Å². The van der Waals surface area contributed by atoms with Gasteiger partial charge >= 0.3 is 0 Å². The Morgan fingerprint density at radius 2 is 2.00 bits per heavy atom. The maximum absolute atomic E-state index is 12.4. The fourth-order valence-corrected chi connectivity index (χ4v) is 3.68. The van der Waals surface area contributed by atoms with Crippen LogP contribution in [0.2, 0.25) is 0 Å². The molecule has 0 fully saturated rings. The van der Waals surface area contributed by atoms with Crippen molar-refractivity contribution < 1.29 is 14.5 Å². The number of rotatable bonds is 1. The van der Waals surface area contributed by atoms with Gasteiger partial charge in [-0.15, -0.1) is 0 Å². The number of hydrogen-bond acceptors (Lipinski definition) is 7. The van der Waals surface area contributed by atoms with Crippen molar-refractivity contribution in [2.75, 3.05) is 18.5 Å². The number of nitro benzene ring substituents is 1. The van der Waals surface area contributed by atoms with Crippen molar-refractivity contribution in [1.29, 1.82) is 0 Å². The van der Waals surface area contributed by atoms with Gasteiger partial charge in [-0.25, -0.2) is 9.97 Å². The predicted octanol–water partition coefficient (Wildman–Crippen LogP) is 4.60. The molecule has 0 saturated heterocycles. The minimum atomic E-state index is -0.512. The van der Waals surface area contributed by atoms with E-state index in [9.17, 15) is 14.9 Å². The normalized spacial score (nSPS) is 14.5. The third-order valence-corrected chi connectivity index (χ3v) is 5.72. The maximum atomic E-state index is 12.4. The summed E-state index contributed by atoms with van der Waals surface area (Å²) in [5, 5.41) is 17.7. The fraction of sp³-hybridized carbons (Fsp3) is 0.227. The number of halogens is 1. The van der Waals surface area contributed by atoms with Crippen LogP contribution in [0.4, 0.5) is 17.3 Å². The van der Waals surface area contributed by atoms with E-state index in [0.717, 1.165) is 28.6 Å². The van der Waals surface area contributed by atoms with Gasteiger partial charge in [-0.3, -0.25) is 14.9 Å². The summed E-state index contributed by atoms with van der Waals surface area (Å²) < 4.78 is 6.70. The highest BCUT2D eigenvalue weighted by Crippen LogP contribution is 2.31. The second-order valence-electron chi connectivity index (χ2n) is 7.20. The lowest BCUT2D eigenvalue weighted by Crippen LogP contribution is -2.24. The fourth-order valence-electron chi connectivity index (χ4n) is 3.32. The molecule has 2 N–H and O–H groups in total. The molecule has 164 valence electrons. The lowest BCUT2D eigenvalue weighted by atomic mass is 10.1. The van der Waals surface area contributed by atoms with Crippen molar-refractivity contribution in [2.45, 2.75) is 19.4 Å². The van der Waals surface area contributed by atoms with Gasteiger partial charge in [-0.05, 0) is 54.8 Å². The number of nitrogens with zero attached hydrogens (tertiary/aromatic N) is 3. The molecule has 0 aliphatic carbocycles. The predicted molar refractivity (Wildman–Crippen MR) is 123 cm³/mol. The number of fused-ring (bicyclic) bond motifs is 9. The van der Waals surface area contributed by atoms with Gasteiger partial charge in [0.15, 0.2) is 0 Å². The molecule has 2 aromatic carbocycles. The Morgan fingerprint density at radius 3 is 2.84 bits per heavy atom. The quantitative estimate of drug-likeness (QED) is 0.372. The first-order valence-electron chi connectivity index (χ1n) is 10.0. The molecule has 0 spiro atoms. The number of carbonyl (C=O) groups is 1. The minimum Gasteiger partial charge on any atom is -0.377 e. The Bertz CT molecular complexity index is 1170. The highest BCUT2D eigenvalue weighted by Gasteiger charge is 2.20. The Hall–Kier alpha value is -3.37. The van der Waals surface area contributed by atoms with Crippen LogP contribution >= 0.6 is 15.9 Å². The van der Waals surface area contributed by atoms with Crippen LogP contribution in [0.1, 0.15) is 28.8 Å². The second kappa shape index (κ2) is 9.84. The Morgan fingerprint density at radius 1 is 1.12 bits per heavy atom. The molecule has 9 nitrogen and oxygen atoms in total. The standard InChI is InChI=1S/C22H20BrN5O4/c23-18-6-4-16-11-15(18)13-32-10-2-1-8-24-21(29)14-3-5-17(20(12-14)28(30)31)19-7-9-25-22(26-16)27-19/h3-7,9,11-12H,1-2,8,10,13H2,(H,24,29)(H,25,26,27). The number of hydrogen-bond donors (Lipinski definition) is 2. The highest BCUT2D eigenvalue weighted by atomic mass is 79.9. The largest absolute Gasteiger partial charge is 0.377 e. The summed E-state index contributed by atoms with van der Waals surface area (Å²) in [7, 11) is 0. The van der Waals surface area contributed by atoms with Crippen molar-refractivity contribution in [3.05, 3.63) is 74.4 Å². The number of nitrogens with one attached hydrogen (secondary N) is 2. The van der Waals surface area contributed by atoms with Gasteiger partial charge in [0, 0.05) is 41.1 Å². The monoisotopic (exact) mass is 497 g/mol. The van der Waals surface area contributed by atoms with E-state index in [2.05, 4.69) is 36.5 Å². The zero-order chi connectivity index (χ0) is 22.5. The van der Waals surface area contributed by atoms with Crippen LogP contribution in [-0.2, 0) is 11.3 Å². The molecule has 2 aliphatic rings. The molecule has 32 heavy (non-hydrogen) atoms. The SMILES string of the molecule is O=C1NCCCCOCc2cc(ccc2Br)Nc2nccc(n2)-c2ccc1cc2[N+](=O)[O-]. The Labute approximate surface area is 192 Å². The molecule has 1 aromatic heterocycles. The van der Waals surface area contributed by atoms with E-state index in [4.69, 9.17) is 4.74 Å². The molecule has 2 aliphatic heterocycles. The van der Waals surface area contributed by atoms with Crippen molar-refractivity contribution in [3.8, 4) is 11.3 Å². The van der Waals surface area contributed by atoms with E-state index < -0.39 is 4.92 Å². The lowest BCUT2D eigenvalue weighted by molar-refractivity contribution is -0.384. The first-order chi connectivity index (χ1) is 15.5. The minimum absolute atomic E-state index is 0.195. The van der Waals surface area contributed by atoms with Crippen LogP contribution in [0.3, 0.4) is 0 Å². The molecule has 0 unspecified atom stereocenters. The third-order valence-electron chi connectivity index (χ3n) is 4.95.